The minimum absolute atomic E-state index is 0.0948. The quantitative estimate of drug-likeness (QED) is 0.258. The Labute approximate surface area is 199 Å². The summed E-state index contributed by atoms with van der Waals surface area (Å²) < 4.78 is 13.6. The fourth-order valence-corrected chi connectivity index (χ4v) is 3.80. The van der Waals surface area contributed by atoms with Crippen molar-refractivity contribution in [3.05, 3.63) is 96.3 Å². The van der Waals surface area contributed by atoms with Gasteiger partial charge in [-0.25, -0.2) is 4.98 Å². The number of carbonyl (C=O) groups is 1. The Morgan fingerprint density at radius 2 is 1.71 bits per heavy atom. The molecule has 34 heavy (non-hydrogen) atoms. The van der Waals surface area contributed by atoms with Gasteiger partial charge in [-0.1, -0.05) is 54.6 Å². The number of nitrogens with one attached hydrogen (secondary N) is 1. The maximum absolute atomic E-state index is 12.1. The largest absolute Gasteiger partial charge is 0.493 e. The van der Waals surface area contributed by atoms with Crippen LogP contribution in [0, 0.1) is 0 Å². The maximum atomic E-state index is 12.1. The summed E-state index contributed by atoms with van der Waals surface area (Å²) >= 11 is 0. The van der Waals surface area contributed by atoms with Gasteiger partial charge in [0, 0.05) is 19.0 Å². The normalized spacial score (nSPS) is 11.1. The Kier molecular flexibility index (Phi) is 7.95. The number of carbonyl (C=O) groups excluding carboxylic acids is 1. The number of amides is 1. The second-order valence-corrected chi connectivity index (χ2v) is 7.81. The first-order chi connectivity index (χ1) is 16.7. The summed E-state index contributed by atoms with van der Waals surface area (Å²) in [5, 5.41) is 2.95. The van der Waals surface area contributed by atoms with Crippen molar-refractivity contribution < 1.29 is 14.3 Å². The molecule has 1 aromatic heterocycles. The van der Waals surface area contributed by atoms with Crippen LogP contribution in [0.1, 0.15) is 17.8 Å². The van der Waals surface area contributed by atoms with E-state index in [1.54, 1.807) is 13.2 Å². The molecule has 0 bridgehead atoms. The Hall–Kier alpha value is -4.06. The molecule has 1 N–H and O–H groups in total. The number of aromatic nitrogens is 2. The molecule has 0 aliphatic heterocycles. The predicted molar refractivity (Wildman–Crippen MR) is 135 cm³/mol. The number of nitrogens with zero attached hydrogens (tertiary/aromatic N) is 2. The Morgan fingerprint density at radius 1 is 0.971 bits per heavy atom. The second kappa shape index (κ2) is 11.7. The first kappa shape index (κ1) is 23.1. The number of benzene rings is 3. The molecule has 3 aromatic carbocycles. The van der Waals surface area contributed by atoms with Gasteiger partial charge in [-0.2, -0.15) is 0 Å². The molecule has 174 valence electrons. The number of aryl methyl sites for hydroxylation is 1. The third kappa shape index (κ3) is 6.04. The Morgan fingerprint density at radius 3 is 2.53 bits per heavy atom. The van der Waals surface area contributed by atoms with E-state index in [4.69, 9.17) is 14.5 Å². The van der Waals surface area contributed by atoms with Crippen LogP contribution in [0.5, 0.6) is 11.5 Å². The van der Waals surface area contributed by atoms with E-state index >= 15 is 0 Å². The summed E-state index contributed by atoms with van der Waals surface area (Å²) in [5.74, 6) is 2.33. The van der Waals surface area contributed by atoms with Crippen LogP contribution in [0.15, 0.2) is 84.9 Å². The molecule has 0 aliphatic rings. The van der Waals surface area contributed by atoms with E-state index in [0.717, 1.165) is 46.8 Å². The molecule has 1 amide bonds. The van der Waals surface area contributed by atoms with Crippen molar-refractivity contribution in [2.45, 2.75) is 19.4 Å². The Bertz CT molecular complexity index is 1250. The first-order valence-corrected chi connectivity index (χ1v) is 11.5. The standard InChI is InChI=1S/C28H29N3O3/c1-33-25-14-7-8-15-26(25)34-21-20-31-24-13-6-5-12-23(24)30-27(31)16-9-19-29-28(32)18-17-22-10-3-2-4-11-22/h2-8,10-15,17-18H,9,16,19-21H2,1H3,(H,29,32)/b18-17+. The zero-order chi connectivity index (χ0) is 23.6. The third-order valence-corrected chi connectivity index (χ3v) is 5.48. The van der Waals surface area contributed by atoms with E-state index < -0.39 is 0 Å². The van der Waals surface area contributed by atoms with Gasteiger partial charge in [-0.3, -0.25) is 4.79 Å². The fraction of sp³-hybridized carbons (Fsp3) is 0.214. The molecule has 0 spiro atoms. The number of hydrogen-bond acceptors (Lipinski definition) is 4. The number of ether oxygens (including phenoxy) is 2. The molecule has 6 heteroatoms. The van der Waals surface area contributed by atoms with Gasteiger partial charge < -0.3 is 19.4 Å². The molecular weight excluding hydrogens is 426 g/mol. The molecule has 0 atom stereocenters. The Balaban J connectivity index is 1.33. The van der Waals surface area contributed by atoms with Crippen LogP contribution in [0.25, 0.3) is 17.1 Å². The van der Waals surface area contributed by atoms with Gasteiger partial charge >= 0.3 is 0 Å². The summed E-state index contributed by atoms with van der Waals surface area (Å²) in [7, 11) is 1.64. The molecular formula is C28H29N3O3. The van der Waals surface area contributed by atoms with Gasteiger partial charge in [0.15, 0.2) is 11.5 Å². The summed E-state index contributed by atoms with van der Waals surface area (Å²) in [5.41, 5.74) is 3.04. The minimum Gasteiger partial charge on any atom is -0.493 e. The van der Waals surface area contributed by atoms with Crippen molar-refractivity contribution in [3.63, 3.8) is 0 Å². The number of hydrogen-bond donors (Lipinski definition) is 1. The van der Waals surface area contributed by atoms with E-state index in [2.05, 4.69) is 16.0 Å². The smallest absolute Gasteiger partial charge is 0.243 e. The third-order valence-electron chi connectivity index (χ3n) is 5.48. The summed E-state index contributed by atoms with van der Waals surface area (Å²) in [6, 6.07) is 25.5. The molecule has 0 radical (unpaired) electrons. The van der Waals surface area contributed by atoms with Crippen LogP contribution in [-0.4, -0.2) is 35.7 Å². The topological polar surface area (TPSA) is 65.4 Å². The summed E-state index contributed by atoms with van der Waals surface area (Å²) in [6.07, 6.45) is 4.93. The van der Waals surface area contributed by atoms with Crippen molar-refractivity contribution in [2.24, 2.45) is 0 Å². The predicted octanol–water partition coefficient (Wildman–Crippen LogP) is 4.89. The highest BCUT2D eigenvalue weighted by Crippen LogP contribution is 2.26. The lowest BCUT2D eigenvalue weighted by molar-refractivity contribution is -0.116. The zero-order valence-corrected chi connectivity index (χ0v) is 19.3. The molecule has 4 aromatic rings. The maximum Gasteiger partial charge on any atom is 0.243 e. The van der Waals surface area contributed by atoms with Gasteiger partial charge in [0.2, 0.25) is 5.91 Å². The van der Waals surface area contributed by atoms with Crippen molar-refractivity contribution >= 4 is 23.0 Å². The number of fused-ring (bicyclic) bond motifs is 1. The zero-order valence-electron chi connectivity index (χ0n) is 19.3. The number of imidazole rings is 1. The number of methoxy groups -OCH3 is 1. The van der Waals surface area contributed by atoms with Crippen molar-refractivity contribution in [2.75, 3.05) is 20.3 Å². The van der Waals surface area contributed by atoms with Crippen molar-refractivity contribution in [1.82, 2.24) is 14.9 Å². The van der Waals surface area contributed by atoms with Crippen molar-refractivity contribution in [1.29, 1.82) is 0 Å². The van der Waals surface area contributed by atoms with Crippen LogP contribution in [0.2, 0.25) is 0 Å². The molecule has 0 saturated heterocycles. The van der Waals surface area contributed by atoms with E-state index in [1.165, 1.54) is 0 Å². The monoisotopic (exact) mass is 455 g/mol. The number of para-hydroxylation sites is 4. The molecule has 4 rings (SSSR count). The van der Waals surface area contributed by atoms with Crippen LogP contribution >= 0.6 is 0 Å². The molecule has 0 saturated carbocycles. The van der Waals surface area contributed by atoms with E-state index in [9.17, 15) is 4.79 Å². The van der Waals surface area contributed by atoms with Gasteiger partial charge in [0.25, 0.3) is 0 Å². The number of rotatable bonds is 11. The van der Waals surface area contributed by atoms with Gasteiger partial charge in [-0.05, 0) is 42.3 Å². The van der Waals surface area contributed by atoms with Crippen molar-refractivity contribution in [3.8, 4) is 11.5 Å². The van der Waals surface area contributed by atoms with Crippen LogP contribution in [-0.2, 0) is 17.8 Å². The van der Waals surface area contributed by atoms with Gasteiger partial charge in [0.05, 0.1) is 24.7 Å². The van der Waals surface area contributed by atoms with Gasteiger partial charge in [-0.15, -0.1) is 0 Å². The highest BCUT2D eigenvalue weighted by atomic mass is 16.5. The average molecular weight is 456 g/mol. The van der Waals surface area contributed by atoms with Gasteiger partial charge in [0.1, 0.15) is 12.4 Å². The summed E-state index contributed by atoms with van der Waals surface area (Å²) in [4.78, 5) is 16.9. The second-order valence-electron chi connectivity index (χ2n) is 7.81. The SMILES string of the molecule is COc1ccccc1OCCn1c(CCCNC(=O)/C=C/c2ccccc2)nc2ccccc21. The fourth-order valence-electron chi connectivity index (χ4n) is 3.80. The minimum atomic E-state index is -0.0948. The lowest BCUT2D eigenvalue weighted by Gasteiger charge is -2.13. The lowest BCUT2D eigenvalue weighted by Crippen LogP contribution is -2.23. The van der Waals surface area contributed by atoms with Crippen LogP contribution in [0.3, 0.4) is 0 Å². The van der Waals surface area contributed by atoms with E-state index in [1.807, 2.05) is 78.9 Å². The first-order valence-electron chi connectivity index (χ1n) is 11.5. The van der Waals surface area contributed by atoms with Crippen LogP contribution in [0.4, 0.5) is 0 Å². The average Bonchev–Trinajstić information content (AvgIpc) is 3.23. The molecule has 1 heterocycles. The lowest BCUT2D eigenvalue weighted by atomic mass is 10.2. The highest BCUT2D eigenvalue weighted by Gasteiger charge is 2.11. The van der Waals surface area contributed by atoms with Crippen LogP contribution < -0.4 is 14.8 Å². The van der Waals surface area contributed by atoms with E-state index in [-0.39, 0.29) is 5.91 Å². The molecule has 0 aliphatic carbocycles. The molecule has 0 unspecified atom stereocenters. The molecule has 0 fully saturated rings. The molecule has 6 nitrogen and oxygen atoms in total. The van der Waals surface area contributed by atoms with E-state index in [0.29, 0.717) is 19.7 Å². The summed E-state index contributed by atoms with van der Waals surface area (Å²) in [6.45, 7) is 1.74. The highest BCUT2D eigenvalue weighted by molar-refractivity contribution is 5.91.